The van der Waals surface area contributed by atoms with Crippen LogP contribution in [0.15, 0.2) is 91.0 Å². The maximum atomic E-state index is 13.9. The number of carbonyl (C=O) groups is 2. The Morgan fingerprint density at radius 2 is 0.809 bits per heavy atom. The van der Waals surface area contributed by atoms with Crippen molar-refractivity contribution in [3.8, 4) is 0 Å². The molecule has 21 heteroatoms. The van der Waals surface area contributed by atoms with Crippen LogP contribution in [0.1, 0.15) is 40.1 Å². The van der Waals surface area contributed by atoms with Gasteiger partial charge in [-0.1, -0.05) is 80.6 Å². The van der Waals surface area contributed by atoms with Crippen LogP contribution in [0.3, 0.4) is 0 Å². The molecule has 3 aromatic carbocycles. The van der Waals surface area contributed by atoms with Crippen molar-refractivity contribution in [2.75, 3.05) is 26.4 Å². The van der Waals surface area contributed by atoms with Gasteiger partial charge in [-0.05, 0) is 29.8 Å². The average Bonchev–Trinajstić information content (AvgIpc) is 3.36. The lowest BCUT2D eigenvalue weighted by molar-refractivity contribution is -0.382. The first-order valence-electron chi connectivity index (χ1n) is 22.4. The maximum absolute atomic E-state index is 13.9. The van der Waals surface area contributed by atoms with E-state index in [1.807, 2.05) is 30.3 Å². The van der Waals surface area contributed by atoms with Crippen molar-refractivity contribution in [3.63, 3.8) is 0 Å². The minimum Gasteiger partial charge on any atom is -0.450 e. The molecule has 7 rings (SSSR count). The maximum Gasteiger partial charge on any atom is 0.338 e. The second-order valence-electron chi connectivity index (χ2n) is 17.1. The van der Waals surface area contributed by atoms with Crippen molar-refractivity contribution in [2.24, 2.45) is 11.8 Å². The second-order valence-corrected chi connectivity index (χ2v) is 17.1. The number of ether oxygens (including phenoxy) is 10. The molecule has 68 heavy (non-hydrogen) atoms. The molecule has 0 spiro atoms. The van der Waals surface area contributed by atoms with Crippen LogP contribution in [0.2, 0.25) is 0 Å². The molecular formula is C47H60O21. The summed E-state index contributed by atoms with van der Waals surface area (Å²) in [6.45, 7) is 0.259. The fourth-order valence-corrected chi connectivity index (χ4v) is 8.64. The minimum atomic E-state index is -1.94. The molecule has 3 aromatic rings. The zero-order chi connectivity index (χ0) is 48.6. The van der Waals surface area contributed by atoms with Gasteiger partial charge in [0.2, 0.25) is 0 Å². The molecule has 9 N–H and O–H groups in total. The molecular weight excluding hydrogens is 900 g/mol. The van der Waals surface area contributed by atoms with Crippen LogP contribution in [0, 0.1) is 11.8 Å². The third-order valence-corrected chi connectivity index (χ3v) is 12.6. The Hall–Kier alpha value is -4.08. The Bertz CT molecular complexity index is 2020. The summed E-state index contributed by atoms with van der Waals surface area (Å²) in [5.74, 6) is -3.68. The predicted octanol–water partition coefficient (Wildman–Crippen LogP) is -1.24. The molecule has 0 bridgehead atoms. The second kappa shape index (κ2) is 23.7. The lowest BCUT2D eigenvalue weighted by atomic mass is 9.89. The lowest BCUT2D eigenvalue weighted by Crippen LogP contribution is -2.67. The Balaban J connectivity index is 1.18. The number of hydrogen-bond donors (Lipinski definition) is 9. The molecule has 0 radical (unpaired) electrons. The summed E-state index contributed by atoms with van der Waals surface area (Å²) in [7, 11) is 0. The molecule has 21 nitrogen and oxygen atoms in total. The van der Waals surface area contributed by atoms with Crippen LogP contribution < -0.4 is 0 Å². The summed E-state index contributed by atoms with van der Waals surface area (Å²) < 4.78 is 60.6. The van der Waals surface area contributed by atoms with E-state index in [1.54, 1.807) is 50.2 Å². The average molecular weight is 961 g/mol. The van der Waals surface area contributed by atoms with E-state index in [2.05, 4.69) is 0 Å². The van der Waals surface area contributed by atoms with Crippen LogP contribution in [-0.2, 0) is 54.0 Å². The molecule has 0 amide bonds. The third-order valence-electron chi connectivity index (χ3n) is 12.6. The zero-order valence-corrected chi connectivity index (χ0v) is 37.2. The molecule has 0 saturated carbocycles. The SMILES string of the molecule is CC1[C@H](OCc2ccccc2)OC(CO)[C@H](O)[C@@H]1O[C@@H]1OC(CO)[C@H](O)[C@H](O[C@@H]2OC(CO)[C@H](O)[C@H](O[C@@H]3OC(CO)[C@H](O)[C@H](O)C3OC(=O)c3ccccc3)C2OC(=O)c2ccccc2)C1C. The third kappa shape index (κ3) is 11.6. The summed E-state index contributed by atoms with van der Waals surface area (Å²) in [6.07, 6.45) is -28.6. The van der Waals surface area contributed by atoms with Crippen molar-refractivity contribution in [3.05, 3.63) is 108 Å². The molecule has 4 aliphatic heterocycles. The van der Waals surface area contributed by atoms with Gasteiger partial charge in [0.25, 0.3) is 0 Å². The van der Waals surface area contributed by atoms with E-state index in [1.165, 1.54) is 24.3 Å². The van der Waals surface area contributed by atoms with E-state index in [-0.39, 0.29) is 17.7 Å². The monoisotopic (exact) mass is 960 g/mol. The van der Waals surface area contributed by atoms with Crippen molar-refractivity contribution >= 4 is 11.9 Å². The number of rotatable bonds is 17. The number of aliphatic hydroxyl groups is 9. The lowest BCUT2D eigenvalue weighted by Gasteiger charge is -2.50. The van der Waals surface area contributed by atoms with Gasteiger partial charge in [0.15, 0.2) is 37.4 Å². The first kappa shape index (κ1) is 51.8. The van der Waals surface area contributed by atoms with E-state index in [9.17, 15) is 55.5 Å². The van der Waals surface area contributed by atoms with Crippen LogP contribution in [0.25, 0.3) is 0 Å². The molecule has 0 aromatic heterocycles. The van der Waals surface area contributed by atoms with E-state index < -0.39 is 161 Å². The van der Waals surface area contributed by atoms with Crippen LogP contribution >= 0.6 is 0 Å². The van der Waals surface area contributed by atoms with Gasteiger partial charge in [-0.25, -0.2) is 9.59 Å². The normalized spacial score (nSPS) is 38.6. The molecule has 4 saturated heterocycles. The molecule has 4 fully saturated rings. The number of benzene rings is 3. The molecule has 0 aliphatic carbocycles. The topological polar surface area (TPSA) is 309 Å². The first-order chi connectivity index (χ1) is 32.8. The van der Waals surface area contributed by atoms with Gasteiger partial charge in [0.1, 0.15) is 61.0 Å². The van der Waals surface area contributed by atoms with Crippen LogP contribution in [-0.4, -0.2) is 195 Å². The van der Waals surface area contributed by atoms with Crippen molar-refractivity contribution in [1.29, 1.82) is 0 Å². The Morgan fingerprint density at radius 3 is 1.31 bits per heavy atom. The van der Waals surface area contributed by atoms with Gasteiger partial charge in [0.05, 0.1) is 56.4 Å². The standard InChI is InChI=1S/C47H60O21/c1-23-37(33(53)29(19-49)60-44(23)59-22-25-12-6-3-7-13-25)66-45-24(2)38(34(54)30(20-50)61-45)67-47-41(65-43(58)27-16-10-5-11-17-27)39(35(55)31(21-51)63-47)68-46-40(36(56)32(52)28(18-48)62-46)64-42(57)26-14-8-4-9-15-26/h3-17,23-24,28-41,44-56H,18-22H2,1-2H3/t23?,24?,28?,29?,30?,31?,32-,33-,34-,35-,36-,37+,38+,39-,40?,41?,44+,45-,46-,47-/m0/s1. The fourth-order valence-electron chi connectivity index (χ4n) is 8.64. The van der Waals surface area contributed by atoms with Gasteiger partial charge in [-0.3, -0.25) is 0 Å². The summed E-state index contributed by atoms with van der Waals surface area (Å²) in [5, 5.41) is 98.3. The first-order valence-corrected chi connectivity index (χ1v) is 22.4. The highest BCUT2D eigenvalue weighted by Crippen LogP contribution is 2.39. The number of hydrogen-bond acceptors (Lipinski definition) is 21. The molecule has 4 aliphatic rings. The highest BCUT2D eigenvalue weighted by atomic mass is 16.8. The van der Waals surface area contributed by atoms with Crippen LogP contribution in [0.4, 0.5) is 0 Å². The van der Waals surface area contributed by atoms with Crippen LogP contribution in [0.5, 0.6) is 0 Å². The quantitative estimate of drug-likeness (QED) is 0.0715. The van der Waals surface area contributed by atoms with Gasteiger partial charge >= 0.3 is 11.9 Å². The number of esters is 2. The van der Waals surface area contributed by atoms with Gasteiger partial charge in [-0.2, -0.15) is 0 Å². The zero-order valence-electron chi connectivity index (χ0n) is 37.2. The summed E-state index contributed by atoms with van der Waals surface area (Å²) in [5.41, 5.74) is 0.904. The molecule has 374 valence electrons. The Labute approximate surface area is 391 Å². The number of carbonyl (C=O) groups excluding carboxylic acids is 2. The van der Waals surface area contributed by atoms with Gasteiger partial charge < -0.3 is 93.3 Å². The molecule has 20 atom stereocenters. The number of aliphatic hydroxyl groups excluding tert-OH is 9. The Kier molecular flexibility index (Phi) is 18.0. The smallest absolute Gasteiger partial charge is 0.338 e. The van der Waals surface area contributed by atoms with Gasteiger partial charge in [-0.15, -0.1) is 0 Å². The highest BCUT2D eigenvalue weighted by Gasteiger charge is 2.57. The minimum absolute atomic E-state index is 0.0240. The van der Waals surface area contributed by atoms with E-state index in [0.29, 0.717) is 0 Å². The predicted molar refractivity (Wildman–Crippen MR) is 228 cm³/mol. The van der Waals surface area contributed by atoms with Crippen molar-refractivity contribution in [1.82, 2.24) is 0 Å². The largest absolute Gasteiger partial charge is 0.450 e. The van der Waals surface area contributed by atoms with E-state index >= 15 is 0 Å². The fraction of sp³-hybridized carbons (Fsp3) is 0.574. The Morgan fingerprint density at radius 1 is 0.441 bits per heavy atom. The van der Waals surface area contributed by atoms with E-state index in [0.717, 1.165) is 5.56 Å². The summed E-state index contributed by atoms with van der Waals surface area (Å²) >= 11 is 0. The van der Waals surface area contributed by atoms with Crippen molar-refractivity contribution < 1.29 is 103 Å². The summed E-state index contributed by atoms with van der Waals surface area (Å²) in [4.78, 5) is 27.2. The van der Waals surface area contributed by atoms with Crippen molar-refractivity contribution in [2.45, 2.75) is 131 Å². The summed E-state index contributed by atoms with van der Waals surface area (Å²) in [6, 6.07) is 24.5. The van der Waals surface area contributed by atoms with Gasteiger partial charge in [0, 0.05) is 11.8 Å². The molecule has 4 heterocycles. The molecule has 8 unspecified atom stereocenters. The van der Waals surface area contributed by atoms with E-state index in [4.69, 9.17) is 47.4 Å². The highest BCUT2D eigenvalue weighted by molar-refractivity contribution is 5.90.